The number of carboxylic acid groups (broad SMARTS) is 1. The van der Waals surface area contributed by atoms with E-state index in [0.717, 1.165) is 44.2 Å². The monoisotopic (exact) mass is 279 g/mol. The lowest BCUT2D eigenvalue weighted by atomic mass is 9.75. The van der Waals surface area contributed by atoms with Crippen LogP contribution in [0.2, 0.25) is 0 Å². The molecule has 3 fully saturated rings. The van der Waals surface area contributed by atoms with Gasteiger partial charge in [-0.2, -0.15) is 0 Å². The summed E-state index contributed by atoms with van der Waals surface area (Å²) in [5.41, 5.74) is -0.467. The number of carboxylic acids is 1. The minimum atomic E-state index is -0.570. The molecule has 114 valence electrons. The van der Waals surface area contributed by atoms with Crippen LogP contribution in [0.5, 0.6) is 0 Å². The molecule has 3 rings (SSSR count). The maximum absolute atomic E-state index is 11.7. The average Bonchev–Trinajstić information content (AvgIpc) is 3.32. The standard InChI is InChI=1S/C17H29NO2/c1-2-17(16(19)20)9-4-10-18(12-17)15-6-3-5-14(11-15)13-7-8-13/h13-15H,2-12H2,1H3,(H,19,20). The fraction of sp³-hybridized carbons (Fsp3) is 0.941. The lowest BCUT2D eigenvalue weighted by molar-refractivity contribution is -0.153. The highest BCUT2D eigenvalue weighted by Gasteiger charge is 2.44. The minimum Gasteiger partial charge on any atom is -0.481 e. The molecule has 1 heterocycles. The zero-order valence-electron chi connectivity index (χ0n) is 12.8. The minimum absolute atomic E-state index is 0.467. The van der Waals surface area contributed by atoms with Crippen LogP contribution in [-0.4, -0.2) is 35.1 Å². The summed E-state index contributed by atoms with van der Waals surface area (Å²) in [7, 11) is 0. The summed E-state index contributed by atoms with van der Waals surface area (Å²) >= 11 is 0. The molecule has 0 radical (unpaired) electrons. The molecular formula is C17H29NO2. The maximum atomic E-state index is 11.7. The topological polar surface area (TPSA) is 40.5 Å². The van der Waals surface area contributed by atoms with E-state index in [2.05, 4.69) is 4.90 Å². The zero-order chi connectivity index (χ0) is 14.2. The molecular weight excluding hydrogens is 250 g/mol. The molecule has 3 atom stereocenters. The Morgan fingerprint density at radius 2 is 2.00 bits per heavy atom. The summed E-state index contributed by atoms with van der Waals surface area (Å²) in [5.74, 6) is 1.38. The number of hydrogen-bond donors (Lipinski definition) is 1. The van der Waals surface area contributed by atoms with E-state index in [0.29, 0.717) is 6.04 Å². The quantitative estimate of drug-likeness (QED) is 0.856. The predicted molar refractivity (Wildman–Crippen MR) is 79.6 cm³/mol. The van der Waals surface area contributed by atoms with Gasteiger partial charge in [0, 0.05) is 12.6 Å². The third-order valence-corrected chi connectivity index (χ3v) is 6.23. The van der Waals surface area contributed by atoms with Crippen molar-refractivity contribution >= 4 is 5.97 Å². The normalized spacial score (nSPS) is 39.6. The van der Waals surface area contributed by atoms with Crippen LogP contribution in [0.3, 0.4) is 0 Å². The van der Waals surface area contributed by atoms with Crippen LogP contribution >= 0.6 is 0 Å². The molecule has 0 spiro atoms. The second kappa shape index (κ2) is 5.67. The van der Waals surface area contributed by atoms with E-state index in [1.54, 1.807) is 0 Å². The number of nitrogens with zero attached hydrogens (tertiary/aromatic N) is 1. The Balaban J connectivity index is 1.65. The smallest absolute Gasteiger partial charge is 0.310 e. The second-order valence-corrected chi connectivity index (χ2v) is 7.43. The van der Waals surface area contributed by atoms with Crippen molar-refractivity contribution in [2.24, 2.45) is 17.3 Å². The molecule has 0 aromatic heterocycles. The molecule has 0 aromatic carbocycles. The molecule has 20 heavy (non-hydrogen) atoms. The number of piperidine rings is 1. The number of hydrogen-bond acceptors (Lipinski definition) is 2. The third-order valence-electron chi connectivity index (χ3n) is 6.23. The van der Waals surface area contributed by atoms with E-state index in [9.17, 15) is 9.90 Å². The molecule has 0 aromatic rings. The molecule has 3 aliphatic rings. The van der Waals surface area contributed by atoms with Gasteiger partial charge in [0.1, 0.15) is 0 Å². The van der Waals surface area contributed by atoms with Gasteiger partial charge in [0.05, 0.1) is 5.41 Å². The summed E-state index contributed by atoms with van der Waals surface area (Å²) in [4.78, 5) is 14.2. The summed E-state index contributed by atoms with van der Waals surface area (Å²) in [5, 5.41) is 9.63. The SMILES string of the molecule is CCC1(C(=O)O)CCCN(C2CCCC(C3CC3)C2)C1. The molecule has 0 amide bonds. The van der Waals surface area contributed by atoms with E-state index in [1.807, 2.05) is 6.92 Å². The Morgan fingerprint density at radius 1 is 1.20 bits per heavy atom. The fourth-order valence-corrected chi connectivity index (χ4v) is 4.62. The van der Waals surface area contributed by atoms with Crippen molar-refractivity contribution in [3.05, 3.63) is 0 Å². The molecule has 3 heteroatoms. The summed E-state index contributed by atoms with van der Waals surface area (Å²) in [6, 6.07) is 0.667. The van der Waals surface area contributed by atoms with Crippen LogP contribution in [0.1, 0.15) is 64.7 Å². The number of aliphatic carboxylic acids is 1. The van der Waals surface area contributed by atoms with Gasteiger partial charge in [-0.05, 0) is 63.3 Å². The van der Waals surface area contributed by atoms with E-state index >= 15 is 0 Å². The van der Waals surface area contributed by atoms with Gasteiger partial charge < -0.3 is 5.11 Å². The number of carbonyl (C=O) groups is 1. The van der Waals surface area contributed by atoms with E-state index < -0.39 is 11.4 Å². The summed E-state index contributed by atoms with van der Waals surface area (Å²) < 4.78 is 0. The summed E-state index contributed by atoms with van der Waals surface area (Å²) in [6.45, 7) is 3.96. The van der Waals surface area contributed by atoms with Crippen molar-refractivity contribution in [3.8, 4) is 0 Å². The van der Waals surface area contributed by atoms with Gasteiger partial charge >= 0.3 is 5.97 Å². The van der Waals surface area contributed by atoms with Gasteiger partial charge in [0.15, 0.2) is 0 Å². The van der Waals surface area contributed by atoms with Gasteiger partial charge in [0.2, 0.25) is 0 Å². The highest BCUT2D eigenvalue weighted by molar-refractivity contribution is 5.75. The summed E-state index contributed by atoms with van der Waals surface area (Å²) in [6.07, 6.45) is 11.0. The fourth-order valence-electron chi connectivity index (χ4n) is 4.62. The van der Waals surface area contributed by atoms with Crippen LogP contribution in [0.15, 0.2) is 0 Å². The van der Waals surface area contributed by atoms with Crippen molar-refractivity contribution in [2.75, 3.05) is 13.1 Å². The van der Waals surface area contributed by atoms with Crippen LogP contribution in [0.4, 0.5) is 0 Å². The van der Waals surface area contributed by atoms with Gasteiger partial charge in [-0.15, -0.1) is 0 Å². The van der Waals surface area contributed by atoms with Crippen LogP contribution < -0.4 is 0 Å². The zero-order valence-corrected chi connectivity index (χ0v) is 12.8. The van der Waals surface area contributed by atoms with Crippen molar-refractivity contribution in [2.45, 2.75) is 70.8 Å². The Kier molecular flexibility index (Phi) is 4.07. The van der Waals surface area contributed by atoms with Crippen LogP contribution in [0.25, 0.3) is 0 Å². The van der Waals surface area contributed by atoms with Crippen LogP contribution in [-0.2, 0) is 4.79 Å². The Morgan fingerprint density at radius 3 is 2.65 bits per heavy atom. The number of rotatable bonds is 4. The Bertz CT molecular complexity index is 366. The van der Waals surface area contributed by atoms with Gasteiger partial charge in [0.25, 0.3) is 0 Å². The third kappa shape index (κ3) is 2.74. The lowest BCUT2D eigenvalue weighted by Crippen LogP contribution is -2.52. The van der Waals surface area contributed by atoms with E-state index in [4.69, 9.17) is 0 Å². The lowest BCUT2D eigenvalue weighted by Gasteiger charge is -2.45. The molecule has 3 nitrogen and oxygen atoms in total. The first-order valence-corrected chi connectivity index (χ1v) is 8.62. The molecule has 0 bridgehead atoms. The molecule has 2 saturated carbocycles. The van der Waals surface area contributed by atoms with Crippen LogP contribution in [0, 0.1) is 17.3 Å². The average molecular weight is 279 g/mol. The molecule has 3 unspecified atom stereocenters. The van der Waals surface area contributed by atoms with Crippen molar-refractivity contribution in [1.82, 2.24) is 4.90 Å². The highest BCUT2D eigenvalue weighted by Crippen LogP contribution is 2.45. The van der Waals surface area contributed by atoms with Crippen molar-refractivity contribution < 1.29 is 9.90 Å². The van der Waals surface area contributed by atoms with Gasteiger partial charge in [-0.1, -0.05) is 19.8 Å². The molecule has 1 N–H and O–H groups in total. The van der Waals surface area contributed by atoms with E-state index in [-0.39, 0.29) is 0 Å². The highest BCUT2D eigenvalue weighted by atomic mass is 16.4. The predicted octanol–water partition coefficient (Wildman–Crippen LogP) is 3.53. The Hall–Kier alpha value is -0.570. The first kappa shape index (κ1) is 14.4. The maximum Gasteiger partial charge on any atom is 0.310 e. The van der Waals surface area contributed by atoms with Gasteiger partial charge in [-0.25, -0.2) is 0 Å². The first-order valence-electron chi connectivity index (χ1n) is 8.62. The second-order valence-electron chi connectivity index (χ2n) is 7.43. The van der Waals surface area contributed by atoms with Crippen molar-refractivity contribution in [3.63, 3.8) is 0 Å². The number of likely N-dealkylation sites (tertiary alicyclic amines) is 1. The van der Waals surface area contributed by atoms with E-state index in [1.165, 1.54) is 38.5 Å². The van der Waals surface area contributed by atoms with Crippen molar-refractivity contribution in [1.29, 1.82) is 0 Å². The molecule has 2 aliphatic carbocycles. The largest absolute Gasteiger partial charge is 0.481 e. The molecule has 1 aliphatic heterocycles. The first-order chi connectivity index (χ1) is 9.64. The molecule has 1 saturated heterocycles. The Labute approximate surface area is 122 Å². The van der Waals surface area contributed by atoms with Gasteiger partial charge in [-0.3, -0.25) is 9.69 Å².